The Morgan fingerprint density at radius 2 is 1.88 bits per heavy atom. The number of nitriles is 1. The van der Waals surface area contributed by atoms with E-state index in [0.717, 1.165) is 11.1 Å². The number of esters is 2. The molecule has 2 aromatic carbocycles. The van der Waals surface area contributed by atoms with E-state index in [9.17, 15) is 14.9 Å². The van der Waals surface area contributed by atoms with Crippen molar-refractivity contribution in [2.45, 2.75) is 13.5 Å². The number of methoxy groups -OCH3 is 1. The summed E-state index contributed by atoms with van der Waals surface area (Å²) in [7, 11) is 1.30. The van der Waals surface area contributed by atoms with Crippen LogP contribution in [0.5, 0.6) is 0 Å². The topological polar surface area (TPSA) is 76.4 Å². The summed E-state index contributed by atoms with van der Waals surface area (Å²) < 4.78 is 9.81. The van der Waals surface area contributed by atoms with Crippen molar-refractivity contribution >= 4 is 18.0 Å². The molecule has 5 nitrogen and oxygen atoms in total. The third kappa shape index (κ3) is 5.05. The predicted octanol–water partition coefficient (Wildman–Crippen LogP) is 3.43. The van der Waals surface area contributed by atoms with Crippen LogP contribution in [0.3, 0.4) is 0 Å². The Hall–Kier alpha value is -3.39. The van der Waals surface area contributed by atoms with E-state index in [2.05, 4.69) is 4.74 Å². The highest BCUT2D eigenvalue weighted by Gasteiger charge is 2.12. The molecule has 0 atom stereocenters. The van der Waals surface area contributed by atoms with Gasteiger partial charge in [-0.1, -0.05) is 42.0 Å². The summed E-state index contributed by atoms with van der Waals surface area (Å²) in [5.74, 6) is -1.18. The van der Waals surface area contributed by atoms with Crippen LogP contribution in [0.15, 0.2) is 54.1 Å². The number of ether oxygens (including phenoxy) is 2. The molecule has 0 spiro atoms. The van der Waals surface area contributed by atoms with E-state index in [1.807, 2.05) is 37.3 Å². The fourth-order valence-electron chi connectivity index (χ4n) is 2.10. The van der Waals surface area contributed by atoms with E-state index in [1.54, 1.807) is 24.3 Å². The van der Waals surface area contributed by atoms with Crippen molar-refractivity contribution in [1.29, 1.82) is 5.26 Å². The van der Waals surface area contributed by atoms with Gasteiger partial charge >= 0.3 is 11.9 Å². The zero-order valence-corrected chi connectivity index (χ0v) is 14.0. The third-order valence-corrected chi connectivity index (χ3v) is 3.45. The molecule has 2 aromatic rings. The van der Waals surface area contributed by atoms with Crippen LogP contribution in [0.4, 0.5) is 0 Å². The average Bonchev–Trinajstić information content (AvgIpc) is 2.65. The first-order chi connectivity index (χ1) is 12.0. The van der Waals surface area contributed by atoms with Crippen LogP contribution in [-0.2, 0) is 20.9 Å². The van der Waals surface area contributed by atoms with Crippen molar-refractivity contribution in [3.05, 3.63) is 76.4 Å². The number of rotatable bonds is 5. The molecule has 0 heterocycles. The monoisotopic (exact) mass is 335 g/mol. The van der Waals surface area contributed by atoms with Gasteiger partial charge in [-0.25, -0.2) is 9.59 Å². The normalized spacial score (nSPS) is 10.7. The van der Waals surface area contributed by atoms with Gasteiger partial charge in [-0.15, -0.1) is 0 Å². The minimum atomic E-state index is -0.716. The summed E-state index contributed by atoms with van der Waals surface area (Å²) in [5.41, 5.74) is 2.74. The maximum Gasteiger partial charge on any atom is 0.349 e. The van der Waals surface area contributed by atoms with E-state index >= 15 is 0 Å². The molecule has 0 radical (unpaired) electrons. The second-order valence-corrected chi connectivity index (χ2v) is 5.35. The first kappa shape index (κ1) is 18.0. The number of aryl methyl sites for hydroxylation is 1. The Labute approximate surface area is 146 Å². The lowest BCUT2D eigenvalue weighted by atomic mass is 10.1. The highest BCUT2D eigenvalue weighted by molar-refractivity contribution is 5.97. The van der Waals surface area contributed by atoms with Gasteiger partial charge in [-0.05, 0) is 36.3 Å². The molecule has 0 saturated carbocycles. The number of benzene rings is 2. The molecule has 0 N–H and O–H groups in total. The highest BCUT2D eigenvalue weighted by Crippen LogP contribution is 2.12. The molecule has 0 bridgehead atoms. The first-order valence-corrected chi connectivity index (χ1v) is 7.56. The van der Waals surface area contributed by atoms with Crippen molar-refractivity contribution in [2.24, 2.45) is 0 Å². The highest BCUT2D eigenvalue weighted by atomic mass is 16.5. The summed E-state index contributed by atoms with van der Waals surface area (Å²) in [4.78, 5) is 23.6. The molecule has 5 heteroatoms. The summed E-state index contributed by atoms with van der Waals surface area (Å²) in [6.45, 7) is 1.91. The van der Waals surface area contributed by atoms with Gasteiger partial charge in [0, 0.05) is 0 Å². The van der Waals surface area contributed by atoms with Gasteiger partial charge in [-0.3, -0.25) is 0 Å². The smallest absolute Gasteiger partial charge is 0.349 e. The molecule has 0 fully saturated rings. The van der Waals surface area contributed by atoms with Crippen LogP contribution < -0.4 is 0 Å². The molecule has 0 aliphatic heterocycles. The minimum absolute atomic E-state index is 0.0451. The standard InChI is InChI=1S/C20H17NO4/c1-14-6-8-15(9-7-14)10-18(12-21)20(23)25-13-16-4-3-5-17(11-16)19(22)24-2/h3-11H,13H2,1-2H3/b18-10+. The van der Waals surface area contributed by atoms with Gasteiger partial charge in [0.15, 0.2) is 0 Å². The lowest BCUT2D eigenvalue weighted by molar-refractivity contribution is -0.139. The predicted molar refractivity (Wildman–Crippen MR) is 92.3 cm³/mol. The van der Waals surface area contributed by atoms with Gasteiger partial charge in [0.1, 0.15) is 18.2 Å². The number of carbonyl (C=O) groups is 2. The zero-order valence-electron chi connectivity index (χ0n) is 14.0. The average molecular weight is 335 g/mol. The first-order valence-electron chi connectivity index (χ1n) is 7.56. The van der Waals surface area contributed by atoms with Crippen LogP contribution in [-0.4, -0.2) is 19.0 Å². The van der Waals surface area contributed by atoms with E-state index < -0.39 is 11.9 Å². The van der Waals surface area contributed by atoms with Crippen LogP contribution in [0.25, 0.3) is 6.08 Å². The van der Waals surface area contributed by atoms with Crippen molar-refractivity contribution in [2.75, 3.05) is 7.11 Å². The van der Waals surface area contributed by atoms with Gasteiger partial charge in [0.05, 0.1) is 12.7 Å². The van der Waals surface area contributed by atoms with Gasteiger partial charge in [-0.2, -0.15) is 5.26 Å². The number of hydrogen-bond acceptors (Lipinski definition) is 5. The molecule has 126 valence electrons. The van der Waals surface area contributed by atoms with E-state index in [-0.39, 0.29) is 12.2 Å². The zero-order chi connectivity index (χ0) is 18.2. The quantitative estimate of drug-likeness (QED) is 0.475. The minimum Gasteiger partial charge on any atom is -0.465 e. The summed E-state index contributed by atoms with van der Waals surface area (Å²) in [5, 5.41) is 9.18. The molecule has 0 aliphatic rings. The summed E-state index contributed by atoms with van der Waals surface area (Å²) in [6.07, 6.45) is 1.48. The lowest BCUT2D eigenvalue weighted by Gasteiger charge is -2.06. The Balaban J connectivity index is 2.07. The molecular weight excluding hydrogens is 318 g/mol. The van der Waals surface area contributed by atoms with E-state index in [4.69, 9.17) is 4.74 Å². The fourth-order valence-corrected chi connectivity index (χ4v) is 2.10. The molecule has 0 aliphatic carbocycles. The number of nitrogens with zero attached hydrogens (tertiary/aromatic N) is 1. The van der Waals surface area contributed by atoms with Gasteiger partial charge < -0.3 is 9.47 Å². The SMILES string of the molecule is COC(=O)c1cccc(COC(=O)/C(C#N)=C/c2ccc(C)cc2)c1. The molecule has 2 rings (SSSR count). The second-order valence-electron chi connectivity index (χ2n) is 5.35. The van der Waals surface area contributed by atoms with Crippen LogP contribution in [0.2, 0.25) is 0 Å². The van der Waals surface area contributed by atoms with Crippen LogP contribution >= 0.6 is 0 Å². The van der Waals surface area contributed by atoms with Gasteiger partial charge in [0.25, 0.3) is 0 Å². The molecule has 25 heavy (non-hydrogen) atoms. The molecule has 0 saturated heterocycles. The third-order valence-electron chi connectivity index (χ3n) is 3.45. The van der Waals surface area contributed by atoms with Crippen molar-refractivity contribution in [3.8, 4) is 6.07 Å². The Kier molecular flexibility index (Phi) is 6.08. The van der Waals surface area contributed by atoms with Crippen LogP contribution in [0.1, 0.15) is 27.0 Å². The Morgan fingerprint density at radius 3 is 2.52 bits per heavy atom. The summed E-state index contributed by atoms with van der Waals surface area (Å²) >= 11 is 0. The van der Waals surface area contributed by atoms with E-state index in [1.165, 1.54) is 13.2 Å². The molecule has 0 amide bonds. The van der Waals surface area contributed by atoms with Crippen LogP contribution in [0, 0.1) is 18.3 Å². The summed E-state index contributed by atoms with van der Waals surface area (Å²) in [6, 6.07) is 15.8. The lowest BCUT2D eigenvalue weighted by Crippen LogP contribution is -2.08. The largest absolute Gasteiger partial charge is 0.465 e. The van der Waals surface area contributed by atoms with E-state index in [0.29, 0.717) is 11.1 Å². The Bertz CT molecular complexity index is 845. The molecular formula is C20H17NO4. The van der Waals surface area contributed by atoms with Crippen molar-refractivity contribution < 1.29 is 19.1 Å². The molecule has 0 aromatic heterocycles. The molecule has 0 unspecified atom stereocenters. The number of hydrogen-bond donors (Lipinski definition) is 0. The van der Waals surface area contributed by atoms with Crippen molar-refractivity contribution in [1.82, 2.24) is 0 Å². The van der Waals surface area contributed by atoms with Crippen molar-refractivity contribution in [3.63, 3.8) is 0 Å². The van der Waals surface area contributed by atoms with Gasteiger partial charge in [0.2, 0.25) is 0 Å². The number of carbonyl (C=O) groups excluding carboxylic acids is 2. The fraction of sp³-hybridized carbons (Fsp3) is 0.150. The maximum absolute atomic E-state index is 12.1. The Morgan fingerprint density at radius 1 is 1.16 bits per heavy atom. The maximum atomic E-state index is 12.1. The second kappa shape index (κ2) is 8.46.